The lowest BCUT2D eigenvalue weighted by Gasteiger charge is -2.24. The van der Waals surface area contributed by atoms with E-state index in [1.165, 1.54) is 6.08 Å². The van der Waals surface area contributed by atoms with Gasteiger partial charge in [-0.3, -0.25) is 10.1 Å². The van der Waals surface area contributed by atoms with Crippen LogP contribution in [0.1, 0.15) is 18.6 Å². The van der Waals surface area contributed by atoms with Gasteiger partial charge in [0.2, 0.25) is 5.91 Å². The number of amides is 2. The Morgan fingerprint density at radius 1 is 1.09 bits per heavy atom. The summed E-state index contributed by atoms with van der Waals surface area (Å²) in [4.78, 5) is 25.1. The number of aromatic hydroxyl groups is 1. The number of carbonyl (C=O) groups excluding carboxylic acids is 2. The minimum atomic E-state index is -0.851. The number of phenolic OH excluding ortho intramolecular Hbond substituents is 1. The van der Waals surface area contributed by atoms with Crippen molar-refractivity contribution in [1.29, 1.82) is 0 Å². The van der Waals surface area contributed by atoms with Crippen molar-refractivity contribution in [1.82, 2.24) is 0 Å². The molecule has 0 aliphatic carbocycles. The average Bonchev–Trinajstić information content (AvgIpc) is 2.80. The highest BCUT2D eigenvalue weighted by atomic mass is 127. The van der Waals surface area contributed by atoms with E-state index in [2.05, 4.69) is 49.2 Å². The Bertz CT molecular complexity index is 1200. The zero-order valence-electron chi connectivity index (χ0n) is 18.2. The number of anilines is 3. The van der Waals surface area contributed by atoms with E-state index in [1.807, 2.05) is 0 Å². The summed E-state index contributed by atoms with van der Waals surface area (Å²) in [7, 11) is 0. The van der Waals surface area contributed by atoms with E-state index < -0.39 is 18.1 Å². The molecule has 0 spiro atoms. The maximum absolute atomic E-state index is 12.7. The Morgan fingerprint density at radius 2 is 1.79 bits per heavy atom. The molecule has 0 bridgehead atoms. The van der Waals surface area contributed by atoms with Gasteiger partial charge in [-0.15, -0.1) is 0 Å². The van der Waals surface area contributed by atoms with Crippen molar-refractivity contribution in [2.45, 2.75) is 13.0 Å². The fourth-order valence-corrected chi connectivity index (χ4v) is 3.91. The largest absolute Gasteiger partial charge is 0.508 e. The molecular formula is C25H23BrIN3O4. The number of nitrogens with one attached hydrogen (secondary N) is 2. The van der Waals surface area contributed by atoms with Gasteiger partial charge >= 0.3 is 6.09 Å². The third-order valence-corrected chi connectivity index (χ3v) is 6.07. The molecule has 0 radical (unpaired) electrons. The van der Waals surface area contributed by atoms with Crippen molar-refractivity contribution < 1.29 is 19.4 Å². The number of hydrogen-bond donors (Lipinski definition) is 4. The molecule has 3 rings (SSSR count). The van der Waals surface area contributed by atoms with Crippen LogP contribution in [0, 0.1) is 9.49 Å². The van der Waals surface area contributed by atoms with E-state index in [0.29, 0.717) is 22.6 Å². The van der Waals surface area contributed by atoms with E-state index in [4.69, 9.17) is 10.5 Å². The van der Waals surface area contributed by atoms with Gasteiger partial charge in [-0.05, 0) is 83.3 Å². The molecule has 0 aliphatic heterocycles. The van der Waals surface area contributed by atoms with E-state index in [0.717, 1.165) is 8.04 Å². The van der Waals surface area contributed by atoms with E-state index in [9.17, 15) is 14.7 Å². The fourth-order valence-electron chi connectivity index (χ4n) is 3.13. The average molecular weight is 636 g/mol. The van der Waals surface area contributed by atoms with Crippen LogP contribution in [-0.4, -0.2) is 17.1 Å². The quantitative estimate of drug-likeness (QED) is 0.135. The number of para-hydroxylation sites is 2. The summed E-state index contributed by atoms with van der Waals surface area (Å²) in [5.74, 6) is -0.836. The third-order valence-electron chi connectivity index (χ3n) is 4.87. The van der Waals surface area contributed by atoms with E-state index in [1.54, 1.807) is 79.7 Å². The minimum absolute atomic E-state index is 0.0105. The van der Waals surface area contributed by atoms with Gasteiger partial charge in [-0.2, -0.15) is 0 Å². The Balaban J connectivity index is 1.78. The molecule has 0 aromatic heterocycles. The third kappa shape index (κ3) is 7.22. The number of phenols is 1. The zero-order chi connectivity index (χ0) is 24.7. The highest BCUT2D eigenvalue weighted by Gasteiger charge is 2.25. The van der Waals surface area contributed by atoms with Crippen LogP contribution < -0.4 is 16.4 Å². The fraction of sp³-hybridized carbons (Fsp3) is 0.120. The topological polar surface area (TPSA) is 114 Å². The molecule has 0 saturated carbocycles. The van der Waals surface area contributed by atoms with Crippen LogP contribution in [0.15, 0.2) is 83.4 Å². The number of hydrogen-bond acceptors (Lipinski definition) is 5. The van der Waals surface area contributed by atoms with Gasteiger partial charge in [0.1, 0.15) is 11.9 Å². The summed E-state index contributed by atoms with van der Waals surface area (Å²) in [5, 5.41) is 15.8. The smallest absolute Gasteiger partial charge is 0.412 e. The molecule has 5 N–H and O–H groups in total. The van der Waals surface area contributed by atoms with Gasteiger partial charge in [-0.1, -0.05) is 41.1 Å². The van der Waals surface area contributed by atoms with Gasteiger partial charge in [0, 0.05) is 25.2 Å². The Kier molecular flexibility index (Phi) is 8.94. The number of carbonyl (C=O) groups is 2. The first-order valence-corrected chi connectivity index (χ1v) is 12.2. The summed E-state index contributed by atoms with van der Waals surface area (Å²) < 4.78 is 7.45. The van der Waals surface area contributed by atoms with Crippen molar-refractivity contribution in [2.24, 2.45) is 5.92 Å². The second-order valence-corrected chi connectivity index (χ2v) is 9.62. The molecule has 0 fully saturated rings. The number of rotatable bonds is 7. The van der Waals surface area contributed by atoms with Gasteiger partial charge in [0.05, 0.1) is 11.4 Å². The second kappa shape index (κ2) is 11.9. The number of nitrogen functional groups attached to an aromatic ring is 1. The number of ether oxygens (including phenoxy) is 1. The van der Waals surface area contributed by atoms with Crippen LogP contribution in [-0.2, 0) is 9.53 Å². The highest BCUT2D eigenvalue weighted by molar-refractivity contribution is 14.1. The first-order valence-electron chi connectivity index (χ1n) is 10.3. The lowest BCUT2D eigenvalue weighted by atomic mass is 9.96. The molecule has 0 unspecified atom stereocenters. The van der Waals surface area contributed by atoms with Crippen LogP contribution in [0.2, 0.25) is 0 Å². The second-order valence-electron chi connectivity index (χ2n) is 7.46. The normalized spacial score (nSPS) is 12.7. The molecule has 9 heteroatoms. The van der Waals surface area contributed by atoms with Gasteiger partial charge in [0.25, 0.3) is 0 Å². The summed E-state index contributed by atoms with van der Waals surface area (Å²) >= 11 is 5.47. The molecule has 2 amide bonds. The minimum Gasteiger partial charge on any atom is -0.508 e. The number of halogens is 2. The Labute approximate surface area is 219 Å². The van der Waals surface area contributed by atoms with Crippen molar-refractivity contribution >= 4 is 67.6 Å². The lowest BCUT2D eigenvalue weighted by molar-refractivity contribution is -0.111. The molecule has 0 aliphatic rings. The maximum Gasteiger partial charge on any atom is 0.412 e. The molecule has 7 nitrogen and oxygen atoms in total. The molecular weight excluding hydrogens is 613 g/mol. The molecule has 176 valence electrons. The van der Waals surface area contributed by atoms with Crippen LogP contribution in [0.4, 0.5) is 21.9 Å². The molecule has 34 heavy (non-hydrogen) atoms. The van der Waals surface area contributed by atoms with E-state index >= 15 is 0 Å². The SMILES string of the molecule is C[C@H](/C=C/C(=O)Nc1ccccc1N)[C@H](OC(=O)Nc1ccc(Br)cc1)c1cc(I)ccc1O. The first-order chi connectivity index (χ1) is 16.2. The number of benzene rings is 3. The summed E-state index contributed by atoms with van der Waals surface area (Å²) in [6.45, 7) is 1.79. The number of nitrogens with two attached hydrogens (primary N) is 1. The Morgan fingerprint density at radius 3 is 2.50 bits per heavy atom. The zero-order valence-corrected chi connectivity index (χ0v) is 21.9. The summed E-state index contributed by atoms with van der Waals surface area (Å²) in [6.07, 6.45) is 1.43. The van der Waals surface area contributed by atoms with Gasteiger partial charge < -0.3 is 20.9 Å². The maximum atomic E-state index is 12.7. The molecule has 3 aromatic rings. The molecule has 2 atom stereocenters. The first kappa shape index (κ1) is 25.6. The lowest BCUT2D eigenvalue weighted by Crippen LogP contribution is -2.21. The summed E-state index contributed by atoms with van der Waals surface area (Å²) in [5.41, 5.74) is 7.81. The van der Waals surface area contributed by atoms with Crippen LogP contribution >= 0.6 is 38.5 Å². The molecule has 0 heterocycles. The van der Waals surface area contributed by atoms with Crippen molar-refractivity contribution in [3.8, 4) is 5.75 Å². The molecule has 3 aromatic carbocycles. The van der Waals surface area contributed by atoms with Crippen molar-refractivity contribution in [3.05, 3.63) is 92.5 Å². The monoisotopic (exact) mass is 635 g/mol. The standard InChI is InChI=1S/C25H23BrIN3O4/c1-15(6-13-23(32)30-21-5-3-2-4-20(21)28)24(19-14-17(27)9-12-22(19)31)34-25(33)29-18-10-7-16(26)8-11-18/h2-15,24,31H,28H2,1H3,(H,29,33)(H,30,32)/b13-6+/t15-,24+/m1/s1. The summed E-state index contributed by atoms with van der Waals surface area (Å²) in [6, 6.07) is 19.0. The van der Waals surface area contributed by atoms with Crippen LogP contribution in [0.3, 0.4) is 0 Å². The highest BCUT2D eigenvalue weighted by Crippen LogP contribution is 2.35. The van der Waals surface area contributed by atoms with E-state index in [-0.39, 0.29) is 11.7 Å². The van der Waals surface area contributed by atoms with Crippen molar-refractivity contribution in [2.75, 3.05) is 16.4 Å². The molecule has 0 saturated heterocycles. The van der Waals surface area contributed by atoms with Gasteiger partial charge in [0.15, 0.2) is 0 Å². The predicted octanol–water partition coefficient (Wildman–Crippen LogP) is 6.46. The van der Waals surface area contributed by atoms with Crippen molar-refractivity contribution in [3.63, 3.8) is 0 Å². The predicted molar refractivity (Wildman–Crippen MR) is 146 cm³/mol. The van der Waals surface area contributed by atoms with Crippen LogP contribution in [0.25, 0.3) is 0 Å². The van der Waals surface area contributed by atoms with Gasteiger partial charge in [-0.25, -0.2) is 4.79 Å². The Hall–Kier alpha value is -3.05. The van der Waals surface area contributed by atoms with Crippen LogP contribution in [0.5, 0.6) is 5.75 Å².